The van der Waals surface area contributed by atoms with Crippen LogP contribution in [-0.2, 0) is 4.79 Å². The molecule has 0 aliphatic rings. The second-order valence-corrected chi connectivity index (χ2v) is 4.10. The van der Waals surface area contributed by atoms with Crippen molar-refractivity contribution in [3.63, 3.8) is 0 Å². The lowest BCUT2D eigenvalue weighted by Gasteiger charge is -2.17. The molecule has 1 aromatic carbocycles. The summed E-state index contributed by atoms with van der Waals surface area (Å²) >= 11 is 0. The molecule has 1 rings (SSSR count). The third kappa shape index (κ3) is 3.94. The molecule has 0 fully saturated rings. The van der Waals surface area contributed by atoms with Crippen molar-refractivity contribution in [1.82, 2.24) is 0 Å². The molecular weight excluding hydrogens is 214 g/mol. The standard InChI is InChI=1S/C14H19NO2/c1-4-12(14(16)17)9-10-15(3)13-7-5-11(2)6-8-13/h5-9H,4,10H2,1-3H3,(H,16,17). The fourth-order valence-corrected chi connectivity index (χ4v) is 1.53. The highest BCUT2D eigenvalue weighted by molar-refractivity contribution is 5.86. The van der Waals surface area contributed by atoms with Crippen molar-refractivity contribution in [2.24, 2.45) is 0 Å². The molecule has 0 saturated heterocycles. The normalized spacial score (nSPS) is 11.4. The number of anilines is 1. The molecule has 0 bridgehead atoms. The van der Waals surface area contributed by atoms with Gasteiger partial charge in [0, 0.05) is 24.9 Å². The van der Waals surface area contributed by atoms with Crippen molar-refractivity contribution in [1.29, 1.82) is 0 Å². The predicted octanol–water partition coefficient (Wildman–Crippen LogP) is 2.85. The Balaban J connectivity index is 2.69. The van der Waals surface area contributed by atoms with E-state index < -0.39 is 5.97 Å². The van der Waals surface area contributed by atoms with Crippen molar-refractivity contribution >= 4 is 11.7 Å². The lowest BCUT2D eigenvalue weighted by molar-refractivity contribution is -0.132. The van der Waals surface area contributed by atoms with Crippen LogP contribution in [0.5, 0.6) is 0 Å². The molecule has 3 heteroatoms. The number of aliphatic carboxylic acids is 1. The Morgan fingerprint density at radius 2 is 1.94 bits per heavy atom. The van der Waals surface area contributed by atoms with Gasteiger partial charge in [-0.05, 0) is 25.5 Å². The highest BCUT2D eigenvalue weighted by Gasteiger charge is 2.04. The van der Waals surface area contributed by atoms with E-state index in [1.54, 1.807) is 6.08 Å². The van der Waals surface area contributed by atoms with Gasteiger partial charge in [-0.1, -0.05) is 30.7 Å². The first-order valence-electron chi connectivity index (χ1n) is 5.74. The average molecular weight is 233 g/mol. The summed E-state index contributed by atoms with van der Waals surface area (Å²) in [6.45, 7) is 4.51. The van der Waals surface area contributed by atoms with E-state index in [0.29, 0.717) is 18.5 Å². The molecule has 0 aliphatic carbocycles. The van der Waals surface area contributed by atoms with Crippen molar-refractivity contribution in [2.75, 3.05) is 18.5 Å². The third-order valence-electron chi connectivity index (χ3n) is 2.74. The van der Waals surface area contributed by atoms with Crippen LogP contribution < -0.4 is 4.90 Å². The lowest BCUT2D eigenvalue weighted by Crippen LogP contribution is -2.17. The Morgan fingerprint density at radius 3 is 2.41 bits per heavy atom. The summed E-state index contributed by atoms with van der Waals surface area (Å²) in [5.74, 6) is -0.829. The Hall–Kier alpha value is -1.77. The quantitative estimate of drug-likeness (QED) is 0.795. The van der Waals surface area contributed by atoms with Gasteiger partial charge in [0.15, 0.2) is 0 Å². The number of carboxylic acids is 1. The first-order chi connectivity index (χ1) is 8.04. The molecule has 0 amide bonds. The number of likely N-dealkylation sites (N-methyl/N-ethyl adjacent to an activating group) is 1. The highest BCUT2D eigenvalue weighted by Crippen LogP contribution is 2.13. The summed E-state index contributed by atoms with van der Waals surface area (Å²) < 4.78 is 0. The number of rotatable bonds is 5. The molecule has 0 spiro atoms. The van der Waals surface area contributed by atoms with Gasteiger partial charge in [-0.2, -0.15) is 0 Å². The molecule has 0 saturated carbocycles. The molecule has 17 heavy (non-hydrogen) atoms. The molecule has 3 nitrogen and oxygen atoms in total. The van der Waals surface area contributed by atoms with Gasteiger partial charge in [0.05, 0.1) is 0 Å². The molecule has 0 atom stereocenters. The molecule has 0 radical (unpaired) electrons. The minimum Gasteiger partial charge on any atom is -0.478 e. The third-order valence-corrected chi connectivity index (χ3v) is 2.74. The number of nitrogens with zero attached hydrogens (tertiary/aromatic N) is 1. The molecule has 0 aliphatic heterocycles. The molecule has 92 valence electrons. The molecule has 1 N–H and O–H groups in total. The number of aryl methyl sites for hydroxylation is 1. The number of carbonyl (C=O) groups is 1. The van der Waals surface area contributed by atoms with Crippen LogP contribution in [0.2, 0.25) is 0 Å². The van der Waals surface area contributed by atoms with Crippen LogP contribution in [0, 0.1) is 6.92 Å². The molecule has 0 aromatic heterocycles. The first-order valence-corrected chi connectivity index (χ1v) is 5.74. The van der Waals surface area contributed by atoms with Gasteiger partial charge in [-0.25, -0.2) is 4.79 Å². The summed E-state index contributed by atoms with van der Waals surface area (Å²) in [7, 11) is 1.95. The zero-order chi connectivity index (χ0) is 12.8. The summed E-state index contributed by atoms with van der Waals surface area (Å²) in [5.41, 5.74) is 2.77. The van der Waals surface area contributed by atoms with Gasteiger partial charge < -0.3 is 10.0 Å². The van der Waals surface area contributed by atoms with Crippen molar-refractivity contribution in [3.05, 3.63) is 41.5 Å². The summed E-state index contributed by atoms with van der Waals surface area (Å²) in [5, 5.41) is 8.91. The van der Waals surface area contributed by atoms with Crippen LogP contribution in [0.3, 0.4) is 0 Å². The van der Waals surface area contributed by atoms with Gasteiger partial charge in [0.1, 0.15) is 0 Å². The van der Waals surface area contributed by atoms with E-state index in [0.717, 1.165) is 5.69 Å². The molecule has 0 heterocycles. The van der Waals surface area contributed by atoms with Crippen LogP contribution in [0.1, 0.15) is 18.9 Å². The summed E-state index contributed by atoms with van der Waals surface area (Å²) in [6.07, 6.45) is 2.32. The van der Waals surface area contributed by atoms with E-state index in [9.17, 15) is 4.79 Å². The predicted molar refractivity (Wildman–Crippen MR) is 70.5 cm³/mol. The maximum absolute atomic E-state index is 10.8. The minimum absolute atomic E-state index is 0.462. The van der Waals surface area contributed by atoms with E-state index in [-0.39, 0.29) is 0 Å². The van der Waals surface area contributed by atoms with Crippen molar-refractivity contribution < 1.29 is 9.90 Å². The fraction of sp³-hybridized carbons (Fsp3) is 0.357. The number of hydrogen-bond donors (Lipinski definition) is 1. The first kappa shape index (κ1) is 13.3. The zero-order valence-electron chi connectivity index (χ0n) is 10.6. The van der Waals surface area contributed by atoms with Crippen LogP contribution in [-0.4, -0.2) is 24.7 Å². The Kier molecular flexibility index (Phi) is 4.76. The topological polar surface area (TPSA) is 40.5 Å². The lowest BCUT2D eigenvalue weighted by atomic mass is 10.2. The van der Waals surface area contributed by atoms with Gasteiger partial charge in [-0.3, -0.25) is 0 Å². The van der Waals surface area contributed by atoms with Gasteiger partial charge in [-0.15, -0.1) is 0 Å². The van der Waals surface area contributed by atoms with E-state index in [1.807, 2.05) is 50.1 Å². The van der Waals surface area contributed by atoms with E-state index in [4.69, 9.17) is 5.11 Å². The van der Waals surface area contributed by atoms with E-state index >= 15 is 0 Å². The largest absolute Gasteiger partial charge is 0.478 e. The second kappa shape index (κ2) is 6.09. The molecule has 1 aromatic rings. The SMILES string of the molecule is CCC(=CCN(C)c1ccc(C)cc1)C(=O)O. The highest BCUT2D eigenvalue weighted by atomic mass is 16.4. The monoisotopic (exact) mass is 233 g/mol. The van der Waals surface area contributed by atoms with Crippen LogP contribution in [0.25, 0.3) is 0 Å². The smallest absolute Gasteiger partial charge is 0.331 e. The fourth-order valence-electron chi connectivity index (χ4n) is 1.53. The van der Waals surface area contributed by atoms with Crippen molar-refractivity contribution in [2.45, 2.75) is 20.3 Å². The number of carboxylic acid groups (broad SMARTS) is 1. The van der Waals surface area contributed by atoms with E-state index in [2.05, 4.69) is 0 Å². The van der Waals surface area contributed by atoms with Crippen molar-refractivity contribution in [3.8, 4) is 0 Å². The average Bonchev–Trinajstić information content (AvgIpc) is 2.30. The van der Waals surface area contributed by atoms with E-state index in [1.165, 1.54) is 5.56 Å². The Bertz CT molecular complexity index is 407. The van der Waals surface area contributed by atoms with Gasteiger partial charge >= 0.3 is 5.97 Å². The van der Waals surface area contributed by atoms with Gasteiger partial charge in [0.2, 0.25) is 0 Å². The minimum atomic E-state index is -0.829. The zero-order valence-corrected chi connectivity index (χ0v) is 10.6. The summed E-state index contributed by atoms with van der Waals surface area (Å²) in [4.78, 5) is 12.9. The maximum atomic E-state index is 10.8. The molecular formula is C14H19NO2. The van der Waals surface area contributed by atoms with Crippen LogP contribution >= 0.6 is 0 Å². The number of benzene rings is 1. The van der Waals surface area contributed by atoms with Crippen LogP contribution in [0.4, 0.5) is 5.69 Å². The number of hydrogen-bond acceptors (Lipinski definition) is 2. The van der Waals surface area contributed by atoms with Crippen LogP contribution in [0.15, 0.2) is 35.9 Å². The molecule has 0 unspecified atom stereocenters. The Labute approximate surface area is 102 Å². The Morgan fingerprint density at radius 1 is 1.35 bits per heavy atom. The summed E-state index contributed by atoms with van der Waals surface area (Å²) in [6, 6.07) is 8.17. The maximum Gasteiger partial charge on any atom is 0.331 e. The second-order valence-electron chi connectivity index (χ2n) is 4.10. The van der Waals surface area contributed by atoms with Gasteiger partial charge in [0.25, 0.3) is 0 Å².